The second-order valence-corrected chi connectivity index (χ2v) is 6.12. The smallest absolute Gasteiger partial charge is 0.225 e. The molecule has 114 valence electrons. The molecule has 1 aliphatic heterocycles. The Kier molecular flexibility index (Phi) is 3.99. The Morgan fingerprint density at radius 3 is 2.52 bits per heavy atom. The van der Waals surface area contributed by atoms with Crippen LogP contribution in [0, 0.1) is 11.8 Å². The van der Waals surface area contributed by atoms with Crippen molar-refractivity contribution in [1.29, 1.82) is 0 Å². The summed E-state index contributed by atoms with van der Waals surface area (Å²) in [4.78, 5) is 26.2. The Morgan fingerprint density at radius 1 is 1.24 bits per heavy atom. The van der Waals surface area contributed by atoms with Crippen LogP contribution in [0.2, 0.25) is 0 Å². The Balaban J connectivity index is 1.47. The molecule has 1 aromatic rings. The lowest BCUT2D eigenvalue weighted by molar-refractivity contribution is -0.136. The van der Waals surface area contributed by atoms with Gasteiger partial charge in [-0.15, -0.1) is 0 Å². The zero-order chi connectivity index (χ0) is 14.8. The van der Waals surface area contributed by atoms with Gasteiger partial charge in [-0.25, -0.2) is 0 Å². The highest BCUT2D eigenvalue weighted by atomic mass is 16.3. The summed E-state index contributed by atoms with van der Waals surface area (Å²) in [6.07, 6.45) is 5.21. The first-order valence-electron chi connectivity index (χ1n) is 7.77. The van der Waals surface area contributed by atoms with Crippen molar-refractivity contribution in [2.24, 2.45) is 11.8 Å². The Labute approximate surface area is 124 Å². The van der Waals surface area contributed by atoms with E-state index in [1.54, 1.807) is 6.26 Å². The van der Waals surface area contributed by atoms with E-state index < -0.39 is 0 Å². The Bertz CT molecular complexity index is 500. The number of likely N-dealkylation sites (tertiary alicyclic amines) is 1. The first kappa shape index (κ1) is 14.2. The van der Waals surface area contributed by atoms with Crippen LogP contribution >= 0.6 is 0 Å². The van der Waals surface area contributed by atoms with Crippen molar-refractivity contribution in [2.75, 3.05) is 13.1 Å². The number of amides is 2. The lowest BCUT2D eigenvalue weighted by atomic mass is 9.95. The van der Waals surface area contributed by atoms with Crippen LogP contribution in [0.4, 0.5) is 0 Å². The number of hydrogen-bond donors (Lipinski definition) is 1. The molecule has 21 heavy (non-hydrogen) atoms. The number of carbonyl (C=O) groups excluding carboxylic acids is 2. The third-order valence-electron chi connectivity index (χ3n) is 4.43. The van der Waals surface area contributed by atoms with Crippen molar-refractivity contribution in [3.05, 3.63) is 24.2 Å². The second-order valence-electron chi connectivity index (χ2n) is 6.12. The van der Waals surface area contributed by atoms with Crippen LogP contribution in [-0.4, -0.2) is 29.8 Å². The van der Waals surface area contributed by atoms with Crippen LogP contribution in [0.5, 0.6) is 0 Å². The van der Waals surface area contributed by atoms with E-state index in [9.17, 15) is 9.59 Å². The minimum absolute atomic E-state index is 0.00525. The minimum atomic E-state index is -0.112. The summed E-state index contributed by atoms with van der Waals surface area (Å²) in [6.45, 7) is 3.34. The molecule has 0 radical (unpaired) electrons. The van der Waals surface area contributed by atoms with Crippen molar-refractivity contribution in [3.8, 4) is 0 Å². The number of hydrogen-bond acceptors (Lipinski definition) is 3. The van der Waals surface area contributed by atoms with Gasteiger partial charge >= 0.3 is 0 Å². The van der Waals surface area contributed by atoms with Gasteiger partial charge < -0.3 is 14.6 Å². The van der Waals surface area contributed by atoms with Crippen molar-refractivity contribution in [1.82, 2.24) is 10.2 Å². The fourth-order valence-corrected chi connectivity index (χ4v) is 2.89. The van der Waals surface area contributed by atoms with Gasteiger partial charge in [-0.05, 0) is 44.7 Å². The maximum atomic E-state index is 12.3. The minimum Gasteiger partial charge on any atom is -0.467 e. The molecule has 1 aromatic heterocycles. The summed E-state index contributed by atoms with van der Waals surface area (Å²) in [7, 11) is 0. The van der Waals surface area contributed by atoms with Crippen molar-refractivity contribution in [2.45, 2.75) is 38.6 Å². The Morgan fingerprint density at radius 2 is 1.95 bits per heavy atom. The monoisotopic (exact) mass is 290 g/mol. The molecule has 2 heterocycles. The lowest BCUT2D eigenvalue weighted by Crippen LogP contribution is -2.43. The quantitative estimate of drug-likeness (QED) is 0.923. The molecule has 1 atom stereocenters. The molecule has 2 fully saturated rings. The van der Waals surface area contributed by atoms with Gasteiger partial charge in [-0.1, -0.05) is 0 Å². The highest BCUT2D eigenvalue weighted by Gasteiger charge is 2.36. The van der Waals surface area contributed by atoms with E-state index in [0.29, 0.717) is 13.1 Å². The van der Waals surface area contributed by atoms with Gasteiger partial charge in [0.15, 0.2) is 0 Å². The fourth-order valence-electron chi connectivity index (χ4n) is 2.89. The highest BCUT2D eigenvalue weighted by Crippen LogP contribution is 2.32. The molecule has 0 spiro atoms. The molecule has 1 N–H and O–H groups in total. The molecular weight excluding hydrogens is 268 g/mol. The number of piperidine rings is 1. The van der Waals surface area contributed by atoms with Crippen LogP contribution in [0.25, 0.3) is 0 Å². The predicted molar refractivity (Wildman–Crippen MR) is 77.3 cm³/mol. The van der Waals surface area contributed by atoms with Crippen LogP contribution < -0.4 is 5.32 Å². The zero-order valence-electron chi connectivity index (χ0n) is 12.4. The van der Waals surface area contributed by atoms with E-state index in [1.165, 1.54) is 0 Å². The Hall–Kier alpha value is -1.78. The molecule has 1 aliphatic carbocycles. The topological polar surface area (TPSA) is 62.6 Å². The molecule has 1 saturated carbocycles. The van der Waals surface area contributed by atoms with E-state index in [0.717, 1.165) is 31.4 Å². The number of rotatable bonds is 4. The van der Waals surface area contributed by atoms with Gasteiger partial charge in [-0.3, -0.25) is 9.59 Å². The van der Waals surface area contributed by atoms with Crippen LogP contribution in [-0.2, 0) is 9.59 Å². The van der Waals surface area contributed by atoms with Crippen LogP contribution in [0.15, 0.2) is 22.8 Å². The summed E-state index contributed by atoms with van der Waals surface area (Å²) in [5, 5.41) is 3.00. The molecule has 2 aliphatic rings. The predicted octanol–water partition coefficient (Wildman–Crippen LogP) is 2.11. The first-order chi connectivity index (χ1) is 10.1. The SMILES string of the molecule is C[C@H](NC(=O)C1CCN(C(=O)C2CC2)CC1)c1ccco1. The average Bonchev–Trinajstić information content (AvgIpc) is 3.20. The van der Waals surface area contributed by atoms with Crippen LogP contribution in [0.3, 0.4) is 0 Å². The van der Waals surface area contributed by atoms with E-state index in [1.807, 2.05) is 24.0 Å². The molecule has 5 heteroatoms. The summed E-state index contributed by atoms with van der Waals surface area (Å²) in [6, 6.07) is 3.57. The van der Waals surface area contributed by atoms with Gasteiger partial charge in [0.25, 0.3) is 0 Å². The number of furan rings is 1. The molecule has 3 rings (SSSR count). The fraction of sp³-hybridized carbons (Fsp3) is 0.625. The second kappa shape index (κ2) is 5.92. The molecule has 0 bridgehead atoms. The van der Waals surface area contributed by atoms with E-state index in [-0.39, 0.29) is 29.7 Å². The molecule has 2 amide bonds. The maximum Gasteiger partial charge on any atom is 0.225 e. The largest absolute Gasteiger partial charge is 0.467 e. The summed E-state index contributed by atoms with van der Waals surface area (Å²) >= 11 is 0. The summed E-state index contributed by atoms with van der Waals surface area (Å²) in [5.74, 6) is 1.40. The van der Waals surface area contributed by atoms with Gasteiger partial charge in [0.05, 0.1) is 12.3 Å². The van der Waals surface area contributed by atoms with Gasteiger partial charge in [0.2, 0.25) is 11.8 Å². The lowest BCUT2D eigenvalue weighted by Gasteiger charge is -2.32. The molecule has 5 nitrogen and oxygen atoms in total. The summed E-state index contributed by atoms with van der Waals surface area (Å²) in [5.41, 5.74) is 0. The van der Waals surface area contributed by atoms with E-state index in [2.05, 4.69) is 5.32 Å². The zero-order valence-corrected chi connectivity index (χ0v) is 12.4. The van der Waals surface area contributed by atoms with Crippen molar-refractivity contribution < 1.29 is 14.0 Å². The number of nitrogens with one attached hydrogen (secondary N) is 1. The third kappa shape index (κ3) is 3.28. The van der Waals surface area contributed by atoms with Gasteiger partial charge in [0.1, 0.15) is 5.76 Å². The summed E-state index contributed by atoms with van der Waals surface area (Å²) < 4.78 is 5.30. The number of nitrogens with zero attached hydrogens (tertiary/aromatic N) is 1. The standard InChI is InChI=1S/C16H22N2O3/c1-11(14-3-2-10-21-14)17-15(19)12-6-8-18(9-7-12)16(20)13-4-5-13/h2-3,10-13H,4-9H2,1H3,(H,17,19)/t11-/m0/s1. The molecule has 0 unspecified atom stereocenters. The average molecular weight is 290 g/mol. The third-order valence-corrected chi connectivity index (χ3v) is 4.43. The molecular formula is C16H22N2O3. The van der Waals surface area contributed by atoms with E-state index in [4.69, 9.17) is 4.42 Å². The highest BCUT2D eigenvalue weighted by molar-refractivity contribution is 5.82. The van der Waals surface area contributed by atoms with E-state index >= 15 is 0 Å². The van der Waals surface area contributed by atoms with Crippen molar-refractivity contribution in [3.63, 3.8) is 0 Å². The van der Waals surface area contributed by atoms with Gasteiger partial charge in [-0.2, -0.15) is 0 Å². The first-order valence-corrected chi connectivity index (χ1v) is 7.77. The van der Waals surface area contributed by atoms with Gasteiger partial charge in [0, 0.05) is 24.9 Å². The maximum absolute atomic E-state index is 12.3. The normalized spacial score (nSPS) is 21.1. The molecule has 0 aromatic carbocycles. The number of carbonyl (C=O) groups is 2. The van der Waals surface area contributed by atoms with Crippen molar-refractivity contribution >= 4 is 11.8 Å². The molecule has 1 saturated heterocycles. The van der Waals surface area contributed by atoms with Crippen LogP contribution in [0.1, 0.15) is 44.4 Å².